The number of hydrazine groups is 1. The Morgan fingerprint density at radius 1 is 1.31 bits per heavy atom. The number of piperidine rings is 1. The van der Waals surface area contributed by atoms with E-state index in [0.29, 0.717) is 18.0 Å². The van der Waals surface area contributed by atoms with Crippen molar-refractivity contribution in [3.63, 3.8) is 0 Å². The van der Waals surface area contributed by atoms with E-state index in [1.807, 2.05) is 28.6 Å². The zero-order valence-electron chi connectivity index (χ0n) is 16.6. The molecule has 0 radical (unpaired) electrons. The maximum Gasteiger partial charge on any atom is 0.268 e. The fourth-order valence-electron chi connectivity index (χ4n) is 3.83. The number of rotatable bonds is 5. The number of nitrogens with one attached hydrogen (secondary N) is 1. The second-order valence-electron chi connectivity index (χ2n) is 7.36. The highest BCUT2D eigenvalue weighted by Gasteiger charge is 2.33. The van der Waals surface area contributed by atoms with Crippen LogP contribution >= 0.6 is 11.3 Å². The lowest BCUT2D eigenvalue weighted by molar-refractivity contribution is 0.0680. The quantitative estimate of drug-likeness (QED) is 0.811. The van der Waals surface area contributed by atoms with Crippen molar-refractivity contribution in [3.05, 3.63) is 58.3 Å². The van der Waals surface area contributed by atoms with Gasteiger partial charge >= 0.3 is 0 Å². The van der Waals surface area contributed by atoms with E-state index in [2.05, 4.69) is 17.4 Å². The number of benzene rings is 1. The summed E-state index contributed by atoms with van der Waals surface area (Å²) in [5, 5.41) is 3.68. The second kappa shape index (κ2) is 8.52. The summed E-state index contributed by atoms with van der Waals surface area (Å²) in [7, 11) is 3.62. The van der Waals surface area contributed by atoms with Gasteiger partial charge < -0.3 is 14.5 Å². The van der Waals surface area contributed by atoms with Gasteiger partial charge in [-0.15, -0.1) is 11.3 Å². The van der Waals surface area contributed by atoms with Gasteiger partial charge in [-0.2, -0.15) is 0 Å². The smallest absolute Gasteiger partial charge is 0.268 e. The Kier molecular flexibility index (Phi) is 5.84. The fourth-order valence-corrected chi connectivity index (χ4v) is 4.49. The minimum absolute atomic E-state index is 0.0290. The molecule has 1 N–H and O–H groups in total. The number of halogens is 1. The van der Waals surface area contributed by atoms with Crippen molar-refractivity contribution in [2.75, 3.05) is 38.8 Å². The van der Waals surface area contributed by atoms with E-state index < -0.39 is 0 Å². The van der Waals surface area contributed by atoms with Gasteiger partial charge in [0.25, 0.3) is 5.91 Å². The number of likely N-dealkylation sites (tertiary alicyclic amines) is 1. The SMILES string of the molecule is COc1cc(F)cc(N2C=C(N(C(=O)c3cccs3)C3CCN(C)CC3)CN2)c1. The van der Waals surface area contributed by atoms with Crippen LogP contribution in [0.25, 0.3) is 0 Å². The van der Waals surface area contributed by atoms with Crippen molar-refractivity contribution in [1.82, 2.24) is 15.2 Å². The second-order valence-corrected chi connectivity index (χ2v) is 8.31. The van der Waals surface area contributed by atoms with Gasteiger partial charge in [-0.05, 0) is 50.5 Å². The summed E-state index contributed by atoms with van der Waals surface area (Å²) in [6.07, 6.45) is 3.75. The molecule has 1 aromatic carbocycles. The molecule has 0 atom stereocenters. The Balaban J connectivity index is 1.63. The van der Waals surface area contributed by atoms with Gasteiger partial charge in [0.05, 0.1) is 29.9 Å². The highest BCUT2D eigenvalue weighted by molar-refractivity contribution is 7.12. The Morgan fingerprint density at radius 3 is 2.79 bits per heavy atom. The first-order valence-electron chi connectivity index (χ1n) is 9.69. The predicted molar refractivity (Wildman–Crippen MR) is 113 cm³/mol. The summed E-state index contributed by atoms with van der Waals surface area (Å²) >= 11 is 1.46. The lowest BCUT2D eigenvalue weighted by atomic mass is 10.0. The summed E-state index contributed by atoms with van der Waals surface area (Å²) < 4.78 is 19.1. The van der Waals surface area contributed by atoms with E-state index in [-0.39, 0.29) is 17.8 Å². The van der Waals surface area contributed by atoms with Crippen LogP contribution in [-0.4, -0.2) is 55.5 Å². The average molecular weight is 417 g/mol. The zero-order chi connectivity index (χ0) is 20.4. The molecule has 6 nitrogen and oxygen atoms in total. The number of hydrogen-bond acceptors (Lipinski definition) is 6. The van der Waals surface area contributed by atoms with E-state index in [1.165, 1.54) is 30.6 Å². The number of amides is 1. The molecular formula is C21H25FN4O2S. The van der Waals surface area contributed by atoms with Gasteiger partial charge in [0, 0.05) is 24.4 Å². The third-order valence-electron chi connectivity index (χ3n) is 5.39. The van der Waals surface area contributed by atoms with Gasteiger partial charge in [0.1, 0.15) is 11.6 Å². The average Bonchev–Trinajstić information content (AvgIpc) is 3.41. The van der Waals surface area contributed by atoms with Crippen molar-refractivity contribution in [3.8, 4) is 5.75 Å². The Labute approximate surface area is 174 Å². The Hall–Kier alpha value is -2.42. The highest BCUT2D eigenvalue weighted by Crippen LogP contribution is 2.29. The van der Waals surface area contributed by atoms with Gasteiger partial charge in [0.15, 0.2) is 0 Å². The zero-order valence-corrected chi connectivity index (χ0v) is 17.4. The Morgan fingerprint density at radius 2 is 2.10 bits per heavy atom. The number of methoxy groups -OCH3 is 1. The number of carbonyl (C=O) groups excluding carboxylic acids is 1. The molecule has 1 amide bonds. The number of hydrogen-bond donors (Lipinski definition) is 1. The Bertz CT molecular complexity index is 894. The molecule has 0 bridgehead atoms. The van der Waals surface area contributed by atoms with Crippen LogP contribution in [0.4, 0.5) is 10.1 Å². The van der Waals surface area contributed by atoms with Gasteiger partial charge in [-0.3, -0.25) is 9.80 Å². The summed E-state index contributed by atoms with van der Waals surface area (Å²) in [4.78, 5) is 18.3. The number of carbonyl (C=O) groups is 1. The highest BCUT2D eigenvalue weighted by atomic mass is 32.1. The minimum Gasteiger partial charge on any atom is -0.497 e. The van der Waals surface area contributed by atoms with Crippen molar-refractivity contribution in [2.24, 2.45) is 0 Å². The third-order valence-corrected chi connectivity index (χ3v) is 6.25. The molecule has 0 saturated carbocycles. The summed E-state index contributed by atoms with van der Waals surface area (Å²) in [5.74, 6) is 0.108. The minimum atomic E-state index is -0.371. The molecule has 4 rings (SSSR count). The van der Waals surface area contributed by atoms with E-state index >= 15 is 0 Å². The molecule has 0 unspecified atom stereocenters. The fraction of sp³-hybridized carbons (Fsp3) is 0.381. The van der Waals surface area contributed by atoms with Crippen molar-refractivity contribution < 1.29 is 13.9 Å². The molecule has 154 valence electrons. The van der Waals surface area contributed by atoms with Gasteiger partial charge in [-0.1, -0.05) is 6.07 Å². The van der Waals surface area contributed by atoms with E-state index in [9.17, 15) is 9.18 Å². The maximum absolute atomic E-state index is 13.9. The molecule has 8 heteroatoms. The number of thiophene rings is 1. The molecule has 0 aliphatic carbocycles. The van der Waals surface area contributed by atoms with E-state index in [0.717, 1.165) is 36.5 Å². The molecule has 29 heavy (non-hydrogen) atoms. The van der Waals surface area contributed by atoms with Crippen LogP contribution in [0.1, 0.15) is 22.5 Å². The molecular weight excluding hydrogens is 391 g/mol. The lowest BCUT2D eigenvalue weighted by Crippen LogP contribution is -2.46. The molecule has 2 aromatic rings. The molecule has 3 heterocycles. The monoisotopic (exact) mass is 416 g/mol. The van der Waals surface area contributed by atoms with Crippen LogP contribution in [-0.2, 0) is 0 Å². The van der Waals surface area contributed by atoms with Gasteiger partial charge in [-0.25, -0.2) is 9.82 Å². The summed E-state index contributed by atoms with van der Waals surface area (Å²) in [6, 6.07) is 8.46. The van der Waals surface area contributed by atoms with Crippen LogP contribution in [0.5, 0.6) is 5.75 Å². The van der Waals surface area contributed by atoms with Crippen LogP contribution in [0, 0.1) is 5.82 Å². The lowest BCUT2D eigenvalue weighted by Gasteiger charge is -2.37. The van der Waals surface area contributed by atoms with Crippen molar-refractivity contribution in [1.29, 1.82) is 0 Å². The van der Waals surface area contributed by atoms with Crippen LogP contribution in [0.15, 0.2) is 47.6 Å². The molecule has 1 saturated heterocycles. The first-order chi connectivity index (χ1) is 14.0. The number of ether oxygens (including phenoxy) is 1. The van der Waals surface area contributed by atoms with E-state index in [1.54, 1.807) is 11.1 Å². The third kappa shape index (κ3) is 4.29. The normalized spacial score (nSPS) is 18.0. The maximum atomic E-state index is 13.9. The predicted octanol–water partition coefficient (Wildman–Crippen LogP) is 3.30. The standard InChI is InChI=1S/C21H25FN4O2S/c1-24-7-5-16(6-8-24)26(21(27)20-4-3-9-29-20)18-13-23-25(14-18)17-10-15(22)11-19(12-17)28-2/h3-4,9-12,14,16,23H,5-8,13H2,1-2H3. The van der Waals surface area contributed by atoms with Crippen molar-refractivity contribution in [2.45, 2.75) is 18.9 Å². The summed E-state index contributed by atoms with van der Waals surface area (Å²) in [6.45, 7) is 2.43. The molecule has 2 aliphatic rings. The number of anilines is 1. The topological polar surface area (TPSA) is 48.1 Å². The summed E-state index contributed by atoms with van der Waals surface area (Å²) in [5.41, 5.74) is 4.77. The van der Waals surface area contributed by atoms with Gasteiger partial charge in [0.2, 0.25) is 0 Å². The van der Waals surface area contributed by atoms with Crippen LogP contribution in [0.2, 0.25) is 0 Å². The first kappa shape index (κ1) is 19.9. The molecule has 2 aliphatic heterocycles. The van der Waals surface area contributed by atoms with E-state index in [4.69, 9.17) is 4.74 Å². The molecule has 0 spiro atoms. The largest absolute Gasteiger partial charge is 0.497 e. The van der Waals surface area contributed by atoms with Crippen LogP contribution in [0.3, 0.4) is 0 Å². The molecule has 1 aromatic heterocycles. The van der Waals surface area contributed by atoms with Crippen molar-refractivity contribution >= 4 is 22.9 Å². The number of nitrogens with zero attached hydrogens (tertiary/aromatic N) is 3. The van der Waals surface area contributed by atoms with Crippen LogP contribution < -0.4 is 15.2 Å². The molecule has 1 fully saturated rings. The first-order valence-corrected chi connectivity index (χ1v) is 10.6.